The second-order valence-electron chi connectivity index (χ2n) is 6.13. The van der Waals surface area contributed by atoms with E-state index in [0.717, 1.165) is 16.7 Å². The number of nitriles is 1. The van der Waals surface area contributed by atoms with E-state index in [1.807, 2.05) is 36.4 Å². The van der Waals surface area contributed by atoms with E-state index in [2.05, 4.69) is 11.4 Å². The summed E-state index contributed by atoms with van der Waals surface area (Å²) in [6, 6.07) is 19.4. The summed E-state index contributed by atoms with van der Waals surface area (Å²) >= 11 is 5.91. The van der Waals surface area contributed by atoms with Crippen LogP contribution in [0.5, 0.6) is 5.75 Å². The van der Waals surface area contributed by atoms with Gasteiger partial charge in [-0.1, -0.05) is 48.0 Å². The average molecular weight is 426 g/mol. The van der Waals surface area contributed by atoms with Gasteiger partial charge in [0, 0.05) is 12.1 Å². The minimum absolute atomic E-state index is 0.107. The van der Waals surface area contributed by atoms with Crippen LogP contribution >= 0.6 is 11.6 Å². The number of carbonyl (C=O) groups excluding carboxylic acids is 1. The minimum atomic E-state index is -1.99. The first-order chi connectivity index (χ1) is 13.9. The second-order valence-corrected chi connectivity index (χ2v) is 7.57. The van der Waals surface area contributed by atoms with Gasteiger partial charge in [0.05, 0.1) is 21.6 Å². The van der Waals surface area contributed by atoms with Gasteiger partial charge in [0.2, 0.25) is 0 Å². The van der Waals surface area contributed by atoms with Crippen LogP contribution in [0, 0.1) is 11.3 Å². The van der Waals surface area contributed by atoms with Crippen LogP contribution in [-0.2, 0) is 17.5 Å². The third-order valence-electron chi connectivity index (χ3n) is 4.29. The Morgan fingerprint density at radius 2 is 1.86 bits per heavy atom. The Hall–Kier alpha value is -3.18. The molecule has 0 saturated heterocycles. The van der Waals surface area contributed by atoms with E-state index in [1.165, 1.54) is 12.1 Å². The summed E-state index contributed by atoms with van der Waals surface area (Å²) in [6.07, 6.45) is 0. The summed E-state index contributed by atoms with van der Waals surface area (Å²) in [4.78, 5) is 12.4. The molecule has 0 saturated carbocycles. The molecular weight excluding hydrogens is 410 g/mol. The highest BCUT2D eigenvalue weighted by molar-refractivity contribution is 7.82. The zero-order valence-corrected chi connectivity index (χ0v) is 16.6. The number of hydrogen-bond acceptors (Lipinski definition) is 4. The van der Waals surface area contributed by atoms with Gasteiger partial charge in [-0.3, -0.25) is 4.79 Å². The largest absolute Gasteiger partial charge is 0.505 e. The van der Waals surface area contributed by atoms with Crippen LogP contribution in [0.3, 0.4) is 0 Å². The number of phenols is 1. The summed E-state index contributed by atoms with van der Waals surface area (Å²) in [7, 11) is -1.99. The van der Waals surface area contributed by atoms with Crippen LogP contribution in [0.1, 0.15) is 21.5 Å². The molecule has 0 aliphatic rings. The summed E-state index contributed by atoms with van der Waals surface area (Å²) in [5.74, 6) is -0.858. The van der Waals surface area contributed by atoms with Crippen molar-refractivity contribution < 1.29 is 14.1 Å². The molecule has 0 radical (unpaired) electrons. The number of nitrogens with two attached hydrogens (primary N) is 1. The zero-order valence-electron chi connectivity index (χ0n) is 15.1. The average Bonchev–Trinajstić information content (AvgIpc) is 2.74. The maximum Gasteiger partial charge on any atom is 0.251 e. The molecule has 0 aliphatic heterocycles. The molecule has 1 amide bonds. The molecule has 29 heavy (non-hydrogen) atoms. The van der Waals surface area contributed by atoms with Crippen molar-refractivity contribution in [1.82, 2.24) is 5.32 Å². The number of benzene rings is 3. The molecule has 0 spiro atoms. The van der Waals surface area contributed by atoms with Gasteiger partial charge in [0.15, 0.2) is 5.75 Å². The van der Waals surface area contributed by atoms with E-state index in [9.17, 15) is 14.1 Å². The van der Waals surface area contributed by atoms with Gasteiger partial charge < -0.3 is 10.4 Å². The van der Waals surface area contributed by atoms with Gasteiger partial charge in [-0.25, -0.2) is 9.35 Å². The van der Waals surface area contributed by atoms with Crippen molar-refractivity contribution in [3.8, 4) is 22.9 Å². The normalized spacial score (nSPS) is 11.5. The summed E-state index contributed by atoms with van der Waals surface area (Å²) < 4.78 is 11.5. The van der Waals surface area contributed by atoms with Crippen molar-refractivity contribution in [2.24, 2.45) is 5.14 Å². The predicted molar refractivity (Wildman–Crippen MR) is 111 cm³/mol. The van der Waals surface area contributed by atoms with Gasteiger partial charge in [-0.15, -0.1) is 0 Å². The van der Waals surface area contributed by atoms with Crippen molar-refractivity contribution in [1.29, 1.82) is 5.26 Å². The maximum atomic E-state index is 12.6. The molecule has 6 nitrogen and oxygen atoms in total. The molecule has 3 aromatic rings. The Labute approximate surface area is 175 Å². The van der Waals surface area contributed by atoms with E-state index in [-0.39, 0.29) is 22.0 Å². The quantitative estimate of drug-likeness (QED) is 0.580. The van der Waals surface area contributed by atoms with Crippen LogP contribution in [-0.4, -0.2) is 15.2 Å². The van der Waals surface area contributed by atoms with Gasteiger partial charge in [-0.05, 0) is 41.0 Å². The molecule has 0 aromatic heterocycles. The van der Waals surface area contributed by atoms with Crippen molar-refractivity contribution in [2.75, 3.05) is 0 Å². The first-order valence-corrected chi connectivity index (χ1v) is 10.0. The number of halogens is 1. The number of carbonyl (C=O) groups is 1. The number of phenolic OH excluding ortho intramolecular Hbond substituents is 1. The highest BCUT2D eigenvalue weighted by Gasteiger charge is 2.16. The van der Waals surface area contributed by atoms with E-state index < -0.39 is 22.6 Å². The van der Waals surface area contributed by atoms with E-state index in [0.29, 0.717) is 5.56 Å². The summed E-state index contributed by atoms with van der Waals surface area (Å²) in [6.45, 7) is 0.231. The highest BCUT2D eigenvalue weighted by Crippen LogP contribution is 2.30. The number of amides is 1. The fourth-order valence-electron chi connectivity index (χ4n) is 2.82. The lowest BCUT2D eigenvalue weighted by Crippen LogP contribution is -2.23. The SMILES string of the molecule is N#Cc1ccc(-c2ccccc2CNC(=O)c2cc(Cl)c(O)c(S(N)=O)c2)cc1. The molecule has 3 rings (SSSR count). The third-order valence-corrected chi connectivity index (χ3v) is 5.32. The molecule has 3 aromatic carbocycles. The Morgan fingerprint density at radius 3 is 2.52 bits per heavy atom. The molecule has 0 aliphatic carbocycles. The van der Waals surface area contributed by atoms with Crippen LogP contribution < -0.4 is 10.5 Å². The van der Waals surface area contributed by atoms with Crippen LogP contribution in [0.25, 0.3) is 11.1 Å². The predicted octanol–water partition coefficient (Wildman–Crippen LogP) is 3.50. The Bertz CT molecular complexity index is 1140. The van der Waals surface area contributed by atoms with E-state index >= 15 is 0 Å². The van der Waals surface area contributed by atoms with Gasteiger partial charge >= 0.3 is 0 Å². The molecule has 0 bridgehead atoms. The molecule has 146 valence electrons. The smallest absolute Gasteiger partial charge is 0.251 e. The van der Waals surface area contributed by atoms with Crippen molar-refractivity contribution in [3.05, 3.63) is 82.4 Å². The lowest BCUT2D eigenvalue weighted by atomic mass is 9.98. The highest BCUT2D eigenvalue weighted by atomic mass is 35.5. The topological polar surface area (TPSA) is 116 Å². The molecule has 1 unspecified atom stereocenters. The fourth-order valence-corrected chi connectivity index (χ4v) is 3.64. The molecular formula is C21H16ClN3O3S. The van der Waals surface area contributed by atoms with Crippen molar-refractivity contribution in [2.45, 2.75) is 11.4 Å². The van der Waals surface area contributed by atoms with Crippen LogP contribution in [0.2, 0.25) is 5.02 Å². The molecule has 0 heterocycles. The Kier molecular flexibility index (Phi) is 6.29. The van der Waals surface area contributed by atoms with Gasteiger partial charge in [0.25, 0.3) is 5.91 Å². The summed E-state index contributed by atoms with van der Waals surface area (Å²) in [5, 5.41) is 26.8. The van der Waals surface area contributed by atoms with Crippen LogP contribution in [0.4, 0.5) is 0 Å². The van der Waals surface area contributed by atoms with Crippen molar-refractivity contribution in [3.63, 3.8) is 0 Å². The number of aromatic hydroxyl groups is 1. The molecule has 0 fully saturated rings. The first-order valence-electron chi connectivity index (χ1n) is 8.46. The lowest BCUT2D eigenvalue weighted by Gasteiger charge is -2.12. The lowest BCUT2D eigenvalue weighted by molar-refractivity contribution is 0.0950. The number of nitrogens with one attached hydrogen (secondary N) is 1. The number of rotatable bonds is 5. The Balaban J connectivity index is 1.83. The van der Waals surface area contributed by atoms with Gasteiger partial charge in [-0.2, -0.15) is 5.26 Å². The fraction of sp³-hybridized carbons (Fsp3) is 0.0476. The molecule has 4 N–H and O–H groups in total. The monoisotopic (exact) mass is 425 g/mol. The van der Waals surface area contributed by atoms with E-state index in [4.69, 9.17) is 22.0 Å². The van der Waals surface area contributed by atoms with E-state index in [1.54, 1.807) is 12.1 Å². The standard InChI is InChI=1S/C21H16ClN3O3S/c22-18-9-16(10-19(20(18)26)29(24)28)21(27)25-12-15-3-1-2-4-17(15)14-7-5-13(11-23)6-8-14/h1-10,26H,12,24H2,(H,25,27). The Morgan fingerprint density at radius 1 is 1.17 bits per heavy atom. The second kappa shape index (κ2) is 8.88. The maximum absolute atomic E-state index is 12.6. The molecule has 1 atom stereocenters. The first kappa shape index (κ1) is 20.6. The minimum Gasteiger partial charge on any atom is -0.505 e. The van der Waals surface area contributed by atoms with Crippen LogP contribution in [0.15, 0.2) is 65.6 Å². The summed E-state index contributed by atoms with van der Waals surface area (Å²) in [5.41, 5.74) is 3.42. The third kappa shape index (κ3) is 4.63. The molecule has 8 heteroatoms. The zero-order chi connectivity index (χ0) is 21.0. The van der Waals surface area contributed by atoms with Gasteiger partial charge in [0.1, 0.15) is 11.0 Å². The number of hydrogen-bond donors (Lipinski definition) is 3. The van der Waals surface area contributed by atoms with Crippen molar-refractivity contribution >= 4 is 28.5 Å². The number of nitrogens with zero attached hydrogens (tertiary/aromatic N) is 1.